The van der Waals surface area contributed by atoms with Crippen molar-refractivity contribution in [1.82, 2.24) is 30.0 Å². The molecule has 48 heavy (non-hydrogen) atoms. The van der Waals surface area contributed by atoms with Gasteiger partial charge in [-0.1, -0.05) is 38.1 Å². The zero-order valence-corrected chi connectivity index (χ0v) is 28.3. The second kappa shape index (κ2) is 14.6. The molecule has 1 atom stereocenters. The third-order valence-corrected chi connectivity index (χ3v) is 9.07. The van der Waals surface area contributed by atoms with E-state index in [0.717, 1.165) is 65.9 Å². The van der Waals surface area contributed by atoms with E-state index in [1.165, 1.54) is 0 Å². The Morgan fingerprint density at radius 2 is 1.88 bits per heavy atom. The summed E-state index contributed by atoms with van der Waals surface area (Å²) in [5.41, 5.74) is 5.24. The Morgan fingerprint density at radius 3 is 2.62 bits per heavy atom. The molecule has 6 rings (SSSR count). The van der Waals surface area contributed by atoms with Crippen molar-refractivity contribution < 1.29 is 19.1 Å². The molecule has 0 radical (unpaired) electrons. The number of nitrogens with zero attached hydrogens (tertiary/aromatic N) is 5. The highest BCUT2D eigenvalue weighted by molar-refractivity contribution is 5.78. The summed E-state index contributed by atoms with van der Waals surface area (Å²) in [6.07, 6.45) is 9.03. The number of ether oxygens (including phenoxy) is 2. The van der Waals surface area contributed by atoms with Gasteiger partial charge in [-0.25, -0.2) is 14.6 Å². The first-order chi connectivity index (χ1) is 23.2. The van der Waals surface area contributed by atoms with E-state index in [-0.39, 0.29) is 30.2 Å². The third-order valence-electron chi connectivity index (χ3n) is 9.07. The molecule has 0 spiro atoms. The van der Waals surface area contributed by atoms with Crippen molar-refractivity contribution in [3.8, 4) is 28.3 Å². The van der Waals surface area contributed by atoms with Gasteiger partial charge in [-0.05, 0) is 69.4 Å². The van der Waals surface area contributed by atoms with Crippen LogP contribution in [0.15, 0.2) is 60.9 Å². The summed E-state index contributed by atoms with van der Waals surface area (Å²) in [7, 11) is 0. The maximum absolute atomic E-state index is 12.7. The minimum Gasteiger partial charge on any atom is -0.484 e. The van der Waals surface area contributed by atoms with E-state index < -0.39 is 0 Å². The Kier molecular flexibility index (Phi) is 10.0. The molecule has 2 aliphatic rings. The highest BCUT2D eigenvalue weighted by Crippen LogP contribution is 2.32. The van der Waals surface area contributed by atoms with Gasteiger partial charge >= 0.3 is 0 Å². The van der Waals surface area contributed by atoms with E-state index in [4.69, 9.17) is 19.4 Å². The number of nitrogens with one attached hydrogen (secondary N) is 2. The van der Waals surface area contributed by atoms with Crippen molar-refractivity contribution >= 4 is 23.3 Å². The van der Waals surface area contributed by atoms with Crippen molar-refractivity contribution in [2.45, 2.75) is 84.5 Å². The maximum atomic E-state index is 12.7. The Balaban J connectivity index is 1.24. The van der Waals surface area contributed by atoms with Crippen LogP contribution in [0.4, 0.5) is 11.5 Å². The number of aromatic nitrogens is 4. The zero-order valence-electron chi connectivity index (χ0n) is 28.3. The molecule has 4 heterocycles. The highest BCUT2D eigenvalue weighted by Gasteiger charge is 2.26. The zero-order chi connectivity index (χ0) is 33.7. The van der Waals surface area contributed by atoms with Crippen LogP contribution in [0.3, 0.4) is 0 Å². The number of rotatable bonds is 11. The average Bonchev–Trinajstić information content (AvgIpc) is 3.61. The van der Waals surface area contributed by atoms with Crippen molar-refractivity contribution in [1.29, 1.82) is 0 Å². The monoisotopic (exact) mass is 651 g/mol. The van der Waals surface area contributed by atoms with Gasteiger partial charge in [0.1, 0.15) is 17.8 Å². The molecule has 2 aliphatic heterocycles. The van der Waals surface area contributed by atoms with E-state index in [1.54, 1.807) is 0 Å². The van der Waals surface area contributed by atoms with E-state index >= 15 is 0 Å². The highest BCUT2D eigenvalue weighted by atomic mass is 16.5. The Morgan fingerprint density at radius 1 is 1.04 bits per heavy atom. The molecule has 11 heteroatoms. The lowest BCUT2D eigenvalue weighted by atomic mass is 10.0. The number of hydrogen-bond donors (Lipinski definition) is 2. The minimum absolute atomic E-state index is 0.00399. The van der Waals surface area contributed by atoms with E-state index in [0.29, 0.717) is 43.3 Å². The predicted octanol–water partition coefficient (Wildman–Crippen LogP) is 6.43. The molecule has 4 aromatic rings. The summed E-state index contributed by atoms with van der Waals surface area (Å²) in [6, 6.07) is 15.6. The van der Waals surface area contributed by atoms with Crippen LogP contribution < -0.4 is 15.4 Å². The standard InChI is InChI=1S/C37H45N7O4/c1-5-33(46)43-18-17-31-30(23-43)36(39-28-15-13-25(14-16-28)27-21-38-44(22-27)34-12-7-8-19-47-34)41-35(40-31)26-10-9-11-29(20-26)48-24-32(45)42-37(3,4)6-2/h9-11,13-16,20-22,34H,5-8,12,17-19,23-24H2,1-4H3,(H,42,45)(H,39,40,41). The molecule has 0 bridgehead atoms. The second-order valence-electron chi connectivity index (χ2n) is 13.1. The number of fused-ring (bicyclic) bond motifs is 1. The van der Waals surface area contributed by atoms with Crippen molar-refractivity contribution in [2.24, 2.45) is 0 Å². The number of anilines is 2. The lowest BCUT2D eigenvalue weighted by Crippen LogP contribution is -2.44. The Labute approximate surface area is 282 Å². The molecule has 2 N–H and O–H groups in total. The molecule has 0 aliphatic carbocycles. The quantitative estimate of drug-likeness (QED) is 0.190. The normalized spacial score (nSPS) is 16.2. The fraction of sp³-hybridized carbons (Fsp3) is 0.432. The van der Waals surface area contributed by atoms with Crippen LogP contribution in [0.2, 0.25) is 0 Å². The molecular weight excluding hydrogens is 606 g/mol. The van der Waals surface area contributed by atoms with Crippen LogP contribution in [-0.2, 0) is 27.3 Å². The van der Waals surface area contributed by atoms with Gasteiger partial charge in [-0.3, -0.25) is 9.59 Å². The third kappa shape index (κ3) is 7.84. The van der Waals surface area contributed by atoms with E-state index in [2.05, 4.69) is 27.9 Å². The number of amides is 2. The van der Waals surface area contributed by atoms with Crippen molar-refractivity contribution in [3.05, 3.63) is 72.2 Å². The summed E-state index contributed by atoms with van der Waals surface area (Å²) in [6.45, 7) is 9.62. The molecule has 2 amide bonds. The number of carbonyl (C=O) groups excluding carboxylic acids is 2. The van der Waals surface area contributed by atoms with Crippen LogP contribution in [0.5, 0.6) is 5.75 Å². The number of carbonyl (C=O) groups is 2. The van der Waals surface area contributed by atoms with Gasteiger partial charge < -0.3 is 25.0 Å². The molecule has 2 aromatic carbocycles. The molecule has 2 aromatic heterocycles. The average molecular weight is 652 g/mol. The van der Waals surface area contributed by atoms with Crippen LogP contribution in [0, 0.1) is 0 Å². The Hall–Kier alpha value is -4.77. The minimum atomic E-state index is -0.298. The van der Waals surface area contributed by atoms with Gasteiger partial charge in [0.15, 0.2) is 12.4 Å². The van der Waals surface area contributed by atoms with Crippen LogP contribution in [-0.4, -0.2) is 61.8 Å². The molecule has 11 nitrogen and oxygen atoms in total. The fourth-order valence-electron chi connectivity index (χ4n) is 5.92. The van der Waals surface area contributed by atoms with Crippen LogP contribution in [0.25, 0.3) is 22.5 Å². The van der Waals surface area contributed by atoms with E-state index in [9.17, 15) is 9.59 Å². The van der Waals surface area contributed by atoms with Gasteiger partial charge in [0.05, 0.1) is 18.4 Å². The SMILES string of the molecule is CCC(=O)N1CCc2nc(-c3cccc(OCC(=O)NC(C)(C)CC)c3)nc(Nc3ccc(-c4cnn(C5CCCCO5)c4)cc3)c2C1. The van der Waals surface area contributed by atoms with Crippen molar-refractivity contribution in [2.75, 3.05) is 25.1 Å². The molecule has 1 saturated heterocycles. The lowest BCUT2D eigenvalue weighted by Gasteiger charge is -2.29. The molecule has 1 fully saturated rings. The Bertz CT molecular complexity index is 1740. The summed E-state index contributed by atoms with van der Waals surface area (Å²) in [5, 5.41) is 11.1. The van der Waals surface area contributed by atoms with E-state index in [1.807, 2.05) is 86.1 Å². The largest absolute Gasteiger partial charge is 0.484 e. The van der Waals surface area contributed by atoms with Crippen LogP contribution >= 0.6 is 0 Å². The lowest BCUT2D eigenvalue weighted by molar-refractivity contribution is -0.131. The molecule has 0 saturated carbocycles. The molecule has 252 valence electrons. The fourth-order valence-corrected chi connectivity index (χ4v) is 5.92. The predicted molar refractivity (Wildman–Crippen MR) is 185 cm³/mol. The van der Waals surface area contributed by atoms with Gasteiger partial charge in [-0.15, -0.1) is 0 Å². The summed E-state index contributed by atoms with van der Waals surface area (Å²) < 4.78 is 13.7. The first kappa shape index (κ1) is 33.1. The number of hydrogen-bond acceptors (Lipinski definition) is 8. The smallest absolute Gasteiger partial charge is 0.258 e. The number of benzene rings is 2. The summed E-state index contributed by atoms with van der Waals surface area (Å²) in [4.78, 5) is 36.9. The van der Waals surface area contributed by atoms with Gasteiger partial charge in [0.25, 0.3) is 5.91 Å². The topological polar surface area (TPSA) is 124 Å². The second-order valence-corrected chi connectivity index (χ2v) is 13.1. The van der Waals surface area contributed by atoms with Gasteiger partial charge in [0.2, 0.25) is 5.91 Å². The summed E-state index contributed by atoms with van der Waals surface area (Å²) in [5.74, 6) is 1.69. The molecule has 1 unspecified atom stereocenters. The molecular formula is C37H45N7O4. The van der Waals surface area contributed by atoms with Crippen LogP contribution in [0.1, 0.15) is 77.3 Å². The van der Waals surface area contributed by atoms with Gasteiger partial charge in [0, 0.05) is 60.1 Å². The van der Waals surface area contributed by atoms with Gasteiger partial charge in [-0.2, -0.15) is 5.10 Å². The first-order valence-corrected chi connectivity index (χ1v) is 17.0. The van der Waals surface area contributed by atoms with Crippen molar-refractivity contribution in [3.63, 3.8) is 0 Å². The summed E-state index contributed by atoms with van der Waals surface area (Å²) >= 11 is 0. The first-order valence-electron chi connectivity index (χ1n) is 17.0. The maximum Gasteiger partial charge on any atom is 0.258 e.